The summed E-state index contributed by atoms with van der Waals surface area (Å²) in [6.07, 6.45) is -0.337. The smallest absolute Gasteiger partial charge is 0.444 e. The highest BCUT2D eigenvalue weighted by Crippen LogP contribution is 2.36. The maximum absolute atomic E-state index is 13.4. The Morgan fingerprint density at radius 3 is 2.22 bits per heavy atom. The van der Waals surface area contributed by atoms with Crippen LogP contribution in [0.3, 0.4) is 0 Å². The van der Waals surface area contributed by atoms with Gasteiger partial charge in [-0.3, -0.25) is 4.79 Å². The minimum Gasteiger partial charge on any atom is -0.444 e. The van der Waals surface area contributed by atoms with Crippen molar-refractivity contribution in [1.29, 1.82) is 0 Å². The topological polar surface area (TPSA) is 68.3 Å². The number of carbonyl (C=O) groups excluding carboxylic acids is 2. The third-order valence-electron chi connectivity index (χ3n) is 6.56. The van der Waals surface area contributed by atoms with E-state index in [2.05, 4.69) is 0 Å². The second kappa shape index (κ2) is 8.38. The Hall–Kier alpha value is -2.06. The zero-order valence-electron chi connectivity index (χ0n) is 20.9. The van der Waals surface area contributed by atoms with Gasteiger partial charge in [-0.15, -0.1) is 0 Å². The van der Waals surface area contributed by atoms with Crippen LogP contribution in [0.25, 0.3) is 0 Å². The first-order valence-corrected chi connectivity index (χ1v) is 11.4. The van der Waals surface area contributed by atoms with Crippen LogP contribution in [0.2, 0.25) is 0 Å². The quantitative estimate of drug-likeness (QED) is 0.655. The van der Waals surface area contributed by atoms with Gasteiger partial charge in [-0.2, -0.15) is 0 Å². The molecule has 0 radical (unpaired) electrons. The minimum absolute atomic E-state index is 0.0449. The van der Waals surface area contributed by atoms with Crippen LogP contribution in [0, 0.1) is 6.92 Å². The second-order valence-corrected chi connectivity index (χ2v) is 10.9. The number of piperazine rings is 1. The summed E-state index contributed by atoms with van der Waals surface area (Å²) in [5.41, 5.74) is 0.931. The summed E-state index contributed by atoms with van der Waals surface area (Å²) >= 11 is 0. The number of hydrogen-bond acceptors (Lipinski definition) is 5. The van der Waals surface area contributed by atoms with E-state index in [0.29, 0.717) is 25.2 Å². The van der Waals surface area contributed by atoms with E-state index in [1.807, 2.05) is 85.4 Å². The molecule has 0 bridgehead atoms. The van der Waals surface area contributed by atoms with Crippen molar-refractivity contribution in [1.82, 2.24) is 9.80 Å². The molecule has 0 spiro atoms. The van der Waals surface area contributed by atoms with Gasteiger partial charge in [0.25, 0.3) is 5.91 Å². The molecule has 0 saturated carbocycles. The van der Waals surface area contributed by atoms with Gasteiger partial charge in [0.1, 0.15) is 5.60 Å². The zero-order valence-corrected chi connectivity index (χ0v) is 20.9. The molecule has 32 heavy (non-hydrogen) atoms. The molecule has 1 atom stereocenters. The van der Waals surface area contributed by atoms with Crippen LogP contribution < -0.4 is 5.46 Å². The monoisotopic (exact) mass is 444 g/mol. The molecule has 0 aromatic heterocycles. The molecular formula is C24H37BN2O5. The Balaban J connectivity index is 1.74. The van der Waals surface area contributed by atoms with Crippen molar-refractivity contribution in [3.63, 3.8) is 0 Å². The Labute approximate surface area is 192 Å². The molecular weight excluding hydrogens is 407 g/mol. The third-order valence-corrected chi connectivity index (χ3v) is 6.56. The predicted octanol–water partition coefficient (Wildman–Crippen LogP) is 3.38. The summed E-state index contributed by atoms with van der Waals surface area (Å²) in [7, 11) is -0.518. The van der Waals surface area contributed by atoms with Gasteiger partial charge >= 0.3 is 13.2 Å². The lowest BCUT2D eigenvalue weighted by atomic mass is 9.77. The fourth-order valence-electron chi connectivity index (χ4n) is 3.90. The fourth-order valence-corrected chi connectivity index (χ4v) is 3.90. The molecule has 2 aliphatic heterocycles. The largest absolute Gasteiger partial charge is 0.494 e. The first-order valence-electron chi connectivity index (χ1n) is 11.4. The molecule has 2 fully saturated rings. The van der Waals surface area contributed by atoms with E-state index in [-0.39, 0.29) is 18.0 Å². The molecule has 2 aliphatic rings. The maximum atomic E-state index is 13.4. The van der Waals surface area contributed by atoms with Crippen molar-refractivity contribution < 1.29 is 23.6 Å². The van der Waals surface area contributed by atoms with Gasteiger partial charge in [0.15, 0.2) is 0 Å². The highest BCUT2D eigenvalue weighted by Gasteiger charge is 2.51. The van der Waals surface area contributed by atoms with Gasteiger partial charge in [-0.05, 0) is 79.4 Å². The van der Waals surface area contributed by atoms with Gasteiger partial charge in [0.2, 0.25) is 0 Å². The molecule has 2 saturated heterocycles. The first-order chi connectivity index (χ1) is 14.6. The SMILES string of the molecule is Cc1ccc(B2OC(C)(C)C(C)(C)O2)cc1C(=O)N1CCN(C(=O)OC(C)(C)C)[C@H](C)C1. The van der Waals surface area contributed by atoms with E-state index < -0.39 is 23.9 Å². The lowest BCUT2D eigenvalue weighted by molar-refractivity contribution is 0.00197. The molecule has 2 heterocycles. The first kappa shape index (κ1) is 24.6. The standard InChI is InChI=1S/C24H37BN2O5/c1-16-10-11-18(25-31-23(6,7)24(8,9)32-25)14-19(16)20(28)26-12-13-27(17(2)15-26)21(29)30-22(3,4)5/h10-11,14,17H,12-13,15H2,1-9H3/t17-/m1/s1. The normalized spacial score (nSPS) is 22.8. The Morgan fingerprint density at radius 1 is 1.09 bits per heavy atom. The highest BCUT2D eigenvalue weighted by molar-refractivity contribution is 6.62. The van der Waals surface area contributed by atoms with Crippen molar-refractivity contribution in [2.45, 2.75) is 85.2 Å². The van der Waals surface area contributed by atoms with Crippen molar-refractivity contribution in [3.05, 3.63) is 29.3 Å². The summed E-state index contributed by atoms with van der Waals surface area (Å²) in [4.78, 5) is 29.4. The van der Waals surface area contributed by atoms with Gasteiger partial charge in [-0.25, -0.2) is 4.79 Å². The number of aryl methyl sites for hydroxylation is 1. The van der Waals surface area contributed by atoms with Crippen LogP contribution in [-0.4, -0.2) is 71.4 Å². The van der Waals surface area contributed by atoms with Crippen LogP contribution in [0.5, 0.6) is 0 Å². The van der Waals surface area contributed by atoms with E-state index in [0.717, 1.165) is 11.0 Å². The minimum atomic E-state index is -0.547. The Kier molecular flexibility index (Phi) is 6.44. The van der Waals surface area contributed by atoms with E-state index in [9.17, 15) is 9.59 Å². The summed E-state index contributed by atoms with van der Waals surface area (Å²) < 4.78 is 17.8. The zero-order chi connectivity index (χ0) is 24.1. The number of ether oxygens (including phenoxy) is 1. The Bertz CT molecular complexity index is 877. The van der Waals surface area contributed by atoms with Crippen LogP contribution in [-0.2, 0) is 14.0 Å². The molecule has 2 amide bonds. The van der Waals surface area contributed by atoms with Gasteiger partial charge < -0.3 is 23.8 Å². The van der Waals surface area contributed by atoms with Crippen LogP contribution in [0.4, 0.5) is 4.79 Å². The number of hydrogen-bond donors (Lipinski definition) is 0. The predicted molar refractivity (Wildman–Crippen MR) is 125 cm³/mol. The van der Waals surface area contributed by atoms with Crippen molar-refractivity contribution >= 4 is 24.6 Å². The maximum Gasteiger partial charge on any atom is 0.494 e. The fraction of sp³-hybridized carbons (Fsp3) is 0.667. The average molecular weight is 444 g/mol. The molecule has 3 rings (SSSR count). The van der Waals surface area contributed by atoms with Gasteiger partial charge in [0, 0.05) is 31.2 Å². The molecule has 8 heteroatoms. The molecule has 176 valence electrons. The summed E-state index contributed by atoms with van der Waals surface area (Å²) in [6, 6.07) is 5.64. The van der Waals surface area contributed by atoms with Crippen molar-refractivity contribution in [2.75, 3.05) is 19.6 Å². The van der Waals surface area contributed by atoms with E-state index >= 15 is 0 Å². The number of rotatable bonds is 2. The second-order valence-electron chi connectivity index (χ2n) is 10.9. The molecule has 0 aliphatic carbocycles. The molecule has 0 unspecified atom stereocenters. The molecule has 1 aromatic rings. The van der Waals surface area contributed by atoms with Crippen molar-refractivity contribution in [3.8, 4) is 0 Å². The van der Waals surface area contributed by atoms with E-state index in [1.165, 1.54) is 0 Å². The van der Waals surface area contributed by atoms with E-state index in [1.54, 1.807) is 4.90 Å². The lowest BCUT2D eigenvalue weighted by Gasteiger charge is -2.40. The third kappa shape index (κ3) is 4.96. The van der Waals surface area contributed by atoms with Crippen LogP contribution >= 0.6 is 0 Å². The van der Waals surface area contributed by atoms with Gasteiger partial charge in [0.05, 0.1) is 11.2 Å². The number of carbonyl (C=O) groups is 2. The highest BCUT2D eigenvalue weighted by atomic mass is 16.7. The molecule has 1 aromatic carbocycles. The number of benzene rings is 1. The average Bonchev–Trinajstić information content (AvgIpc) is 2.87. The summed E-state index contributed by atoms with van der Waals surface area (Å²) in [5.74, 6) is -0.0449. The van der Waals surface area contributed by atoms with Crippen LogP contribution in [0.1, 0.15) is 71.3 Å². The molecule has 7 nitrogen and oxygen atoms in total. The van der Waals surface area contributed by atoms with Crippen molar-refractivity contribution in [2.24, 2.45) is 0 Å². The van der Waals surface area contributed by atoms with Crippen LogP contribution in [0.15, 0.2) is 18.2 Å². The van der Waals surface area contributed by atoms with E-state index in [4.69, 9.17) is 14.0 Å². The Morgan fingerprint density at radius 2 is 1.69 bits per heavy atom. The molecule has 0 N–H and O–H groups in total. The van der Waals surface area contributed by atoms with Gasteiger partial charge in [-0.1, -0.05) is 12.1 Å². The number of amides is 2. The summed E-state index contributed by atoms with van der Waals surface area (Å²) in [5, 5.41) is 0. The summed E-state index contributed by atoms with van der Waals surface area (Å²) in [6.45, 7) is 18.8. The lowest BCUT2D eigenvalue weighted by Crippen LogP contribution is -2.56. The number of nitrogens with zero attached hydrogens (tertiary/aromatic N) is 2.